The van der Waals surface area contributed by atoms with Crippen molar-refractivity contribution in [3.8, 4) is 0 Å². The number of rotatable bonds is 9. The third-order valence-electron chi connectivity index (χ3n) is 3.94. The number of anilines is 5. The SMILES string of the molecule is CCCNc1nc(Nc2cccc(S(=O)(=O)O)c2)nc(Nc2cccc(S(=O)(=O)O)c2)n1. The first-order valence-corrected chi connectivity index (χ1v) is 12.1. The highest BCUT2D eigenvalue weighted by molar-refractivity contribution is 7.86. The lowest BCUT2D eigenvalue weighted by molar-refractivity contribution is 0.481. The van der Waals surface area contributed by atoms with Crippen molar-refractivity contribution < 1.29 is 25.9 Å². The van der Waals surface area contributed by atoms with Gasteiger partial charge >= 0.3 is 0 Å². The lowest BCUT2D eigenvalue weighted by Crippen LogP contribution is -2.10. The van der Waals surface area contributed by atoms with Crippen molar-refractivity contribution in [2.75, 3.05) is 22.5 Å². The highest BCUT2D eigenvalue weighted by atomic mass is 32.2. The van der Waals surface area contributed by atoms with Crippen LogP contribution in [0.5, 0.6) is 0 Å². The van der Waals surface area contributed by atoms with Gasteiger partial charge in [0, 0.05) is 17.9 Å². The highest BCUT2D eigenvalue weighted by Crippen LogP contribution is 2.22. The van der Waals surface area contributed by atoms with E-state index in [0.717, 1.165) is 6.42 Å². The van der Waals surface area contributed by atoms with Gasteiger partial charge in [-0.05, 0) is 42.8 Å². The molecule has 3 rings (SSSR count). The van der Waals surface area contributed by atoms with Gasteiger partial charge in [-0.2, -0.15) is 31.8 Å². The molecule has 0 aliphatic rings. The number of nitrogens with zero attached hydrogens (tertiary/aromatic N) is 3. The van der Waals surface area contributed by atoms with Gasteiger partial charge in [-0.3, -0.25) is 9.11 Å². The molecule has 0 amide bonds. The summed E-state index contributed by atoms with van der Waals surface area (Å²) in [5.74, 6) is 0.322. The Morgan fingerprint density at radius 1 is 0.750 bits per heavy atom. The van der Waals surface area contributed by atoms with E-state index in [2.05, 4.69) is 30.9 Å². The molecule has 0 saturated carbocycles. The maximum Gasteiger partial charge on any atom is 0.294 e. The quantitative estimate of drug-likeness (QED) is 0.283. The molecule has 3 aromatic rings. The summed E-state index contributed by atoms with van der Waals surface area (Å²) in [5.41, 5.74) is 0.596. The number of aromatic nitrogens is 3. The Bertz CT molecular complexity index is 1240. The maximum atomic E-state index is 11.4. The molecular weight excluding hydrogens is 460 g/mol. The fraction of sp³-hybridized carbons (Fsp3) is 0.167. The molecule has 0 atom stereocenters. The largest absolute Gasteiger partial charge is 0.354 e. The van der Waals surface area contributed by atoms with E-state index in [-0.39, 0.29) is 27.6 Å². The summed E-state index contributed by atoms with van der Waals surface area (Å²) < 4.78 is 63.9. The lowest BCUT2D eigenvalue weighted by Gasteiger charge is -2.12. The van der Waals surface area contributed by atoms with Crippen LogP contribution in [0, 0.1) is 0 Å². The van der Waals surface area contributed by atoms with Gasteiger partial charge in [-0.1, -0.05) is 19.1 Å². The van der Waals surface area contributed by atoms with Crippen molar-refractivity contribution in [1.29, 1.82) is 0 Å². The van der Waals surface area contributed by atoms with Crippen LogP contribution in [-0.4, -0.2) is 47.4 Å². The molecule has 0 unspecified atom stereocenters. The normalized spacial score (nSPS) is 11.7. The molecule has 0 radical (unpaired) electrons. The number of benzene rings is 2. The molecule has 12 nitrogen and oxygen atoms in total. The first kappa shape index (κ1) is 23.3. The Hall–Kier alpha value is -3.33. The van der Waals surface area contributed by atoms with Crippen molar-refractivity contribution in [3.05, 3.63) is 48.5 Å². The Labute approximate surface area is 184 Å². The van der Waals surface area contributed by atoms with Gasteiger partial charge in [0.1, 0.15) is 0 Å². The smallest absolute Gasteiger partial charge is 0.294 e. The van der Waals surface area contributed by atoms with Crippen LogP contribution >= 0.6 is 0 Å². The lowest BCUT2D eigenvalue weighted by atomic mass is 10.3. The van der Waals surface area contributed by atoms with Gasteiger partial charge in [0.25, 0.3) is 20.2 Å². The van der Waals surface area contributed by atoms with Gasteiger partial charge in [-0.25, -0.2) is 0 Å². The molecule has 0 aliphatic carbocycles. The Balaban J connectivity index is 1.94. The number of hydrogen-bond acceptors (Lipinski definition) is 10. The maximum absolute atomic E-state index is 11.4. The van der Waals surface area contributed by atoms with Gasteiger partial charge in [0.05, 0.1) is 9.79 Å². The summed E-state index contributed by atoms with van der Waals surface area (Å²) in [4.78, 5) is 12.0. The van der Waals surface area contributed by atoms with Crippen LogP contribution in [-0.2, 0) is 20.2 Å². The predicted molar refractivity (Wildman–Crippen MR) is 118 cm³/mol. The molecule has 1 heterocycles. The second-order valence-electron chi connectivity index (χ2n) is 6.49. The van der Waals surface area contributed by atoms with E-state index in [4.69, 9.17) is 0 Å². The van der Waals surface area contributed by atoms with Crippen molar-refractivity contribution in [2.45, 2.75) is 23.1 Å². The van der Waals surface area contributed by atoms with E-state index in [0.29, 0.717) is 17.9 Å². The molecular formula is C18H20N6O6S2. The summed E-state index contributed by atoms with van der Waals surface area (Å²) in [5, 5.41) is 8.69. The van der Waals surface area contributed by atoms with Crippen LogP contribution in [0.2, 0.25) is 0 Å². The molecule has 2 aromatic carbocycles. The van der Waals surface area contributed by atoms with Gasteiger partial charge in [0.15, 0.2) is 0 Å². The van der Waals surface area contributed by atoms with E-state index < -0.39 is 20.2 Å². The molecule has 0 spiro atoms. The summed E-state index contributed by atoms with van der Waals surface area (Å²) in [7, 11) is -8.78. The highest BCUT2D eigenvalue weighted by Gasteiger charge is 2.13. The van der Waals surface area contributed by atoms with Crippen LogP contribution < -0.4 is 16.0 Å². The van der Waals surface area contributed by atoms with E-state index >= 15 is 0 Å². The Morgan fingerprint density at radius 3 is 1.59 bits per heavy atom. The minimum atomic E-state index is -4.39. The molecule has 5 N–H and O–H groups in total. The molecule has 0 aliphatic heterocycles. The first-order valence-electron chi connectivity index (χ1n) is 9.24. The topological polar surface area (TPSA) is 184 Å². The summed E-state index contributed by atoms with van der Waals surface area (Å²) in [6.45, 7) is 2.52. The first-order chi connectivity index (χ1) is 15.0. The van der Waals surface area contributed by atoms with Crippen LogP contribution in [0.15, 0.2) is 58.3 Å². The van der Waals surface area contributed by atoms with Gasteiger partial charge in [0.2, 0.25) is 17.8 Å². The molecule has 14 heteroatoms. The molecule has 0 fully saturated rings. The molecule has 1 aromatic heterocycles. The molecule has 32 heavy (non-hydrogen) atoms. The van der Waals surface area contributed by atoms with Crippen molar-refractivity contribution in [2.24, 2.45) is 0 Å². The molecule has 0 bridgehead atoms. The van der Waals surface area contributed by atoms with Crippen LogP contribution in [0.1, 0.15) is 13.3 Å². The van der Waals surface area contributed by atoms with E-state index in [9.17, 15) is 25.9 Å². The molecule has 0 saturated heterocycles. The van der Waals surface area contributed by atoms with Gasteiger partial charge < -0.3 is 16.0 Å². The van der Waals surface area contributed by atoms with Crippen molar-refractivity contribution >= 4 is 49.5 Å². The van der Waals surface area contributed by atoms with E-state index in [1.807, 2.05) is 6.92 Å². The van der Waals surface area contributed by atoms with E-state index in [1.54, 1.807) is 12.1 Å². The predicted octanol–water partition coefficient (Wildman–Crippen LogP) is 2.67. The van der Waals surface area contributed by atoms with Crippen LogP contribution in [0.25, 0.3) is 0 Å². The number of nitrogens with one attached hydrogen (secondary N) is 3. The van der Waals surface area contributed by atoms with Crippen molar-refractivity contribution in [1.82, 2.24) is 15.0 Å². The minimum Gasteiger partial charge on any atom is -0.354 e. The number of hydrogen-bond donors (Lipinski definition) is 5. The summed E-state index contributed by atoms with van der Waals surface area (Å²) in [6, 6.07) is 10.9. The Kier molecular flexibility index (Phi) is 6.88. The third-order valence-corrected chi connectivity index (χ3v) is 5.64. The summed E-state index contributed by atoms with van der Waals surface area (Å²) >= 11 is 0. The van der Waals surface area contributed by atoms with Crippen LogP contribution in [0.4, 0.5) is 29.2 Å². The second kappa shape index (κ2) is 9.44. The summed E-state index contributed by atoms with van der Waals surface area (Å²) in [6.07, 6.45) is 0.796. The average molecular weight is 481 g/mol. The molecule has 170 valence electrons. The Morgan fingerprint density at radius 2 is 1.19 bits per heavy atom. The second-order valence-corrected chi connectivity index (χ2v) is 9.33. The van der Waals surface area contributed by atoms with Crippen LogP contribution in [0.3, 0.4) is 0 Å². The zero-order valence-electron chi connectivity index (χ0n) is 16.7. The average Bonchev–Trinajstić information content (AvgIpc) is 2.71. The zero-order chi connectivity index (χ0) is 23.4. The van der Waals surface area contributed by atoms with E-state index in [1.165, 1.54) is 36.4 Å². The van der Waals surface area contributed by atoms with Crippen molar-refractivity contribution in [3.63, 3.8) is 0 Å². The monoisotopic (exact) mass is 480 g/mol. The van der Waals surface area contributed by atoms with Gasteiger partial charge in [-0.15, -0.1) is 0 Å². The standard InChI is InChI=1S/C18H20N6O6S2/c1-2-9-19-16-22-17(20-12-5-3-7-14(10-12)31(25,26)27)24-18(23-16)21-13-6-4-8-15(11-13)32(28,29)30/h3-8,10-11H,2,9H2,1H3,(H,25,26,27)(H,28,29,30)(H3,19,20,21,22,23,24). The fourth-order valence-electron chi connectivity index (χ4n) is 2.53. The third kappa shape index (κ3) is 6.34. The minimum absolute atomic E-state index is 0.0551. The fourth-order valence-corrected chi connectivity index (χ4v) is 3.58. The zero-order valence-corrected chi connectivity index (χ0v) is 18.4.